The zero-order valence-corrected chi connectivity index (χ0v) is 18.9. The molecule has 4 rings (SSSR count). The van der Waals surface area contributed by atoms with Crippen LogP contribution < -0.4 is 15.1 Å². The largest absolute Gasteiger partial charge is 0.416 e. The molecule has 13 heteroatoms. The number of nitrogens with one attached hydrogen (secondary N) is 1. The van der Waals surface area contributed by atoms with Gasteiger partial charge in [0.2, 0.25) is 5.95 Å². The van der Waals surface area contributed by atoms with Gasteiger partial charge in [-0.3, -0.25) is 0 Å². The van der Waals surface area contributed by atoms with Crippen molar-refractivity contribution in [1.82, 2.24) is 14.9 Å². The van der Waals surface area contributed by atoms with Gasteiger partial charge >= 0.3 is 18.4 Å². The molecule has 0 atom stereocenters. The maximum atomic E-state index is 13.1. The number of rotatable bonds is 3. The Morgan fingerprint density at radius 3 is 1.91 bits per heavy atom. The van der Waals surface area contributed by atoms with E-state index in [1.165, 1.54) is 4.90 Å². The van der Waals surface area contributed by atoms with Crippen LogP contribution in [0, 0.1) is 6.92 Å². The summed E-state index contributed by atoms with van der Waals surface area (Å²) >= 11 is 0. The van der Waals surface area contributed by atoms with Gasteiger partial charge in [0.25, 0.3) is 0 Å². The van der Waals surface area contributed by atoms with Crippen molar-refractivity contribution in [3.63, 3.8) is 0 Å². The summed E-state index contributed by atoms with van der Waals surface area (Å²) in [4.78, 5) is 27.2. The number of aromatic nitrogens is 2. The zero-order valence-electron chi connectivity index (χ0n) is 18.9. The van der Waals surface area contributed by atoms with Crippen LogP contribution in [0.5, 0.6) is 0 Å². The first kappa shape index (κ1) is 24.9. The minimum atomic E-state index is -4.99. The average Bonchev–Trinajstić information content (AvgIpc) is 3.32. The molecule has 7 nitrogen and oxygen atoms in total. The highest BCUT2D eigenvalue weighted by Crippen LogP contribution is 2.37. The van der Waals surface area contributed by atoms with E-state index in [0.29, 0.717) is 37.0 Å². The van der Waals surface area contributed by atoms with Crippen LogP contribution in [0.4, 0.5) is 48.6 Å². The molecule has 190 valence electrons. The lowest BCUT2D eigenvalue weighted by atomic mass is 10.1. The Balaban J connectivity index is 1.43. The van der Waals surface area contributed by atoms with E-state index < -0.39 is 35.2 Å². The molecule has 2 fully saturated rings. The van der Waals surface area contributed by atoms with Crippen molar-refractivity contribution in [2.75, 3.05) is 54.4 Å². The van der Waals surface area contributed by atoms with Crippen molar-refractivity contribution in [1.29, 1.82) is 0 Å². The summed E-state index contributed by atoms with van der Waals surface area (Å²) in [5, 5.41) is 2.18. The third kappa shape index (κ3) is 5.88. The number of hydrogen-bond acceptors (Lipinski definition) is 5. The lowest BCUT2D eigenvalue weighted by Crippen LogP contribution is -2.50. The predicted octanol–water partition coefficient (Wildman–Crippen LogP) is 4.78. The summed E-state index contributed by atoms with van der Waals surface area (Å²) in [5.74, 6) is 1.37. The highest BCUT2D eigenvalue weighted by atomic mass is 19.4. The molecular formula is C22H24F6N6O. The number of aryl methyl sites for hydroxylation is 1. The molecule has 0 radical (unpaired) electrons. The molecule has 0 saturated carbocycles. The first-order valence-corrected chi connectivity index (χ1v) is 11.1. The van der Waals surface area contributed by atoms with Crippen LogP contribution in [0.1, 0.15) is 29.7 Å². The molecule has 2 aromatic rings. The van der Waals surface area contributed by atoms with Crippen molar-refractivity contribution in [2.24, 2.45) is 0 Å². The van der Waals surface area contributed by atoms with E-state index in [0.717, 1.165) is 31.6 Å². The Labute approximate surface area is 197 Å². The van der Waals surface area contributed by atoms with Crippen LogP contribution in [0.3, 0.4) is 0 Å². The molecule has 1 aromatic heterocycles. The summed E-state index contributed by atoms with van der Waals surface area (Å²) < 4.78 is 78.5. The van der Waals surface area contributed by atoms with Gasteiger partial charge in [0.05, 0.1) is 11.1 Å². The van der Waals surface area contributed by atoms with Crippen LogP contribution in [-0.2, 0) is 12.4 Å². The van der Waals surface area contributed by atoms with E-state index in [1.54, 1.807) is 0 Å². The summed E-state index contributed by atoms with van der Waals surface area (Å²) in [5.41, 5.74) is -2.73. The number of alkyl halides is 6. The first-order chi connectivity index (χ1) is 16.4. The smallest absolute Gasteiger partial charge is 0.353 e. The Morgan fingerprint density at radius 2 is 1.37 bits per heavy atom. The van der Waals surface area contributed by atoms with E-state index in [9.17, 15) is 31.1 Å². The molecule has 3 heterocycles. The number of piperazine rings is 1. The van der Waals surface area contributed by atoms with Crippen LogP contribution in [-0.4, -0.2) is 60.2 Å². The van der Waals surface area contributed by atoms with Gasteiger partial charge in [0.15, 0.2) is 0 Å². The molecule has 0 unspecified atom stereocenters. The Morgan fingerprint density at radius 1 is 0.800 bits per heavy atom. The number of carbonyl (C=O) groups is 1. The number of anilines is 3. The van der Waals surface area contributed by atoms with E-state index in [1.807, 2.05) is 17.9 Å². The Kier molecular flexibility index (Phi) is 6.69. The van der Waals surface area contributed by atoms with Crippen molar-refractivity contribution in [3.05, 3.63) is 41.1 Å². The number of carbonyl (C=O) groups excluding carboxylic acids is 1. The number of nitrogens with zero attached hydrogens (tertiary/aromatic N) is 5. The van der Waals surface area contributed by atoms with Crippen LogP contribution >= 0.6 is 0 Å². The van der Waals surface area contributed by atoms with E-state index >= 15 is 0 Å². The van der Waals surface area contributed by atoms with Crippen LogP contribution in [0.2, 0.25) is 0 Å². The van der Waals surface area contributed by atoms with E-state index in [2.05, 4.69) is 20.2 Å². The fraction of sp³-hybridized carbons (Fsp3) is 0.500. The highest BCUT2D eigenvalue weighted by molar-refractivity contribution is 5.89. The number of urea groups is 1. The minimum Gasteiger partial charge on any atom is -0.353 e. The third-order valence-corrected chi connectivity index (χ3v) is 5.95. The normalized spacial score (nSPS) is 17.2. The number of halogens is 6. The van der Waals surface area contributed by atoms with E-state index in [-0.39, 0.29) is 19.2 Å². The van der Waals surface area contributed by atoms with Gasteiger partial charge in [-0.25, -0.2) is 9.78 Å². The standard InChI is InChI=1S/C22H24F6N6O/c1-14-10-18(31-19(29-14)33-4-2-3-5-33)32-6-8-34(9-7-32)20(35)30-17-12-15(21(23,24)25)11-16(13-17)22(26,27)28/h10-13H,2-9H2,1H3,(H,30,35). The second-order valence-corrected chi connectivity index (χ2v) is 8.56. The molecule has 0 aliphatic carbocycles. The van der Waals surface area contributed by atoms with Crippen LogP contribution in [0.25, 0.3) is 0 Å². The predicted molar refractivity (Wildman–Crippen MR) is 117 cm³/mol. The summed E-state index contributed by atoms with van der Waals surface area (Å²) in [6.07, 6.45) is -7.82. The Hall–Kier alpha value is -3.25. The van der Waals surface area contributed by atoms with Crippen molar-refractivity contribution in [3.8, 4) is 0 Å². The number of hydrogen-bond donors (Lipinski definition) is 1. The molecule has 0 spiro atoms. The highest BCUT2D eigenvalue weighted by Gasteiger charge is 2.37. The molecule has 1 aromatic carbocycles. The third-order valence-electron chi connectivity index (χ3n) is 5.95. The molecule has 1 N–H and O–H groups in total. The van der Waals surface area contributed by atoms with Gasteiger partial charge in [-0.1, -0.05) is 0 Å². The monoisotopic (exact) mass is 502 g/mol. The first-order valence-electron chi connectivity index (χ1n) is 11.1. The van der Waals surface area contributed by atoms with Gasteiger partial charge < -0.3 is 20.0 Å². The summed E-state index contributed by atoms with van der Waals surface area (Å²) in [6, 6.07) is 2.08. The molecule has 35 heavy (non-hydrogen) atoms. The Bertz CT molecular complexity index is 1040. The molecule has 2 saturated heterocycles. The van der Waals surface area contributed by atoms with Crippen molar-refractivity contribution < 1.29 is 31.1 Å². The number of benzene rings is 1. The molecular weight excluding hydrogens is 478 g/mol. The molecule has 2 amide bonds. The molecule has 0 bridgehead atoms. The van der Waals surface area contributed by atoms with Crippen LogP contribution in [0.15, 0.2) is 24.3 Å². The fourth-order valence-corrected chi connectivity index (χ4v) is 4.13. The van der Waals surface area contributed by atoms with Gasteiger partial charge in [0, 0.05) is 56.7 Å². The number of amides is 2. The molecule has 2 aliphatic rings. The average molecular weight is 502 g/mol. The van der Waals surface area contributed by atoms with E-state index in [4.69, 9.17) is 0 Å². The second-order valence-electron chi connectivity index (χ2n) is 8.56. The summed E-state index contributed by atoms with van der Waals surface area (Å²) in [7, 11) is 0. The maximum Gasteiger partial charge on any atom is 0.416 e. The minimum absolute atomic E-state index is 0.0224. The van der Waals surface area contributed by atoms with Crippen molar-refractivity contribution in [2.45, 2.75) is 32.1 Å². The van der Waals surface area contributed by atoms with Gasteiger partial charge in [-0.15, -0.1) is 0 Å². The SMILES string of the molecule is Cc1cc(N2CCN(C(=O)Nc3cc(C(F)(F)F)cc(C(F)(F)F)c3)CC2)nc(N2CCCC2)n1. The van der Waals surface area contributed by atoms with Gasteiger partial charge in [-0.05, 0) is 38.0 Å². The topological polar surface area (TPSA) is 64.6 Å². The second kappa shape index (κ2) is 9.42. The summed E-state index contributed by atoms with van der Waals surface area (Å²) in [6.45, 7) is 4.90. The van der Waals surface area contributed by atoms with Gasteiger partial charge in [-0.2, -0.15) is 31.3 Å². The molecule has 2 aliphatic heterocycles. The quantitative estimate of drug-likeness (QED) is 0.613. The zero-order chi connectivity index (χ0) is 25.4. The lowest BCUT2D eigenvalue weighted by Gasteiger charge is -2.35. The lowest BCUT2D eigenvalue weighted by molar-refractivity contribution is -0.143. The van der Waals surface area contributed by atoms with Gasteiger partial charge in [0.1, 0.15) is 5.82 Å². The maximum absolute atomic E-state index is 13.1. The van der Waals surface area contributed by atoms with Crippen molar-refractivity contribution >= 4 is 23.5 Å². The fourth-order valence-electron chi connectivity index (χ4n) is 4.13.